The zero-order valence-corrected chi connectivity index (χ0v) is 10.7. The number of hydrogen-bond donors (Lipinski definition) is 4. The first-order chi connectivity index (χ1) is 7.56. The SMILES string of the molecule is CCC(CO)(CO)Nc1ncc(Br)cc1N. The molecule has 0 aliphatic rings. The number of hydrogen-bond acceptors (Lipinski definition) is 5. The molecule has 0 aliphatic carbocycles. The van der Waals surface area contributed by atoms with E-state index in [0.717, 1.165) is 4.47 Å². The van der Waals surface area contributed by atoms with E-state index in [1.165, 1.54) is 0 Å². The van der Waals surface area contributed by atoms with E-state index >= 15 is 0 Å². The van der Waals surface area contributed by atoms with Crippen molar-refractivity contribution in [3.63, 3.8) is 0 Å². The number of nitrogen functional groups attached to an aromatic ring is 1. The van der Waals surface area contributed by atoms with Crippen LogP contribution in [0.3, 0.4) is 0 Å². The molecule has 5 nitrogen and oxygen atoms in total. The summed E-state index contributed by atoms with van der Waals surface area (Å²) in [6.07, 6.45) is 2.17. The topological polar surface area (TPSA) is 91.4 Å². The van der Waals surface area contributed by atoms with E-state index in [2.05, 4.69) is 26.2 Å². The molecule has 1 heterocycles. The fourth-order valence-corrected chi connectivity index (χ4v) is 1.60. The van der Waals surface area contributed by atoms with Gasteiger partial charge in [0.15, 0.2) is 0 Å². The highest BCUT2D eigenvalue weighted by molar-refractivity contribution is 9.10. The van der Waals surface area contributed by atoms with Gasteiger partial charge in [-0.3, -0.25) is 0 Å². The lowest BCUT2D eigenvalue weighted by Gasteiger charge is -2.30. The predicted molar refractivity (Wildman–Crippen MR) is 67.2 cm³/mol. The molecule has 6 heteroatoms. The van der Waals surface area contributed by atoms with Crippen LogP contribution in [0.4, 0.5) is 11.5 Å². The van der Waals surface area contributed by atoms with Crippen LogP contribution in [-0.2, 0) is 0 Å². The highest BCUT2D eigenvalue weighted by atomic mass is 79.9. The monoisotopic (exact) mass is 289 g/mol. The lowest BCUT2D eigenvalue weighted by atomic mass is 9.98. The fraction of sp³-hybridized carbons (Fsp3) is 0.500. The maximum atomic E-state index is 9.28. The predicted octanol–water partition coefficient (Wildman–Crippen LogP) is 0.972. The van der Waals surface area contributed by atoms with Crippen LogP contribution in [0.25, 0.3) is 0 Å². The Hall–Kier alpha value is -0.850. The molecule has 0 radical (unpaired) electrons. The summed E-state index contributed by atoms with van der Waals surface area (Å²) in [6.45, 7) is 1.50. The number of nitrogens with zero attached hydrogens (tertiary/aromatic N) is 1. The van der Waals surface area contributed by atoms with Crippen LogP contribution >= 0.6 is 15.9 Å². The fourth-order valence-electron chi connectivity index (χ4n) is 1.25. The Kier molecular flexibility index (Phi) is 4.52. The summed E-state index contributed by atoms with van der Waals surface area (Å²) in [7, 11) is 0. The van der Waals surface area contributed by atoms with Crippen molar-refractivity contribution in [3.8, 4) is 0 Å². The second-order valence-electron chi connectivity index (χ2n) is 3.67. The van der Waals surface area contributed by atoms with Crippen molar-refractivity contribution >= 4 is 27.4 Å². The van der Waals surface area contributed by atoms with E-state index in [9.17, 15) is 10.2 Å². The van der Waals surface area contributed by atoms with Crippen molar-refractivity contribution in [3.05, 3.63) is 16.7 Å². The van der Waals surface area contributed by atoms with Gasteiger partial charge in [-0.25, -0.2) is 4.98 Å². The van der Waals surface area contributed by atoms with E-state index < -0.39 is 5.54 Å². The Morgan fingerprint density at radius 2 is 2.12 bits per heavy atom. The third-order valence-corrected chi connectivity index (χ3v) is 2.98. The average molecular weight is 290 g/mol. The van der Waals surface area contributed by atoms with Gasteiger partial charge < -0.3 is 21.3 Å². The van der Waals surface area contributed by atoms with Gasteiger partial charge in [0.1, 0.15) is 5.82 Å². The summed E-state index contributed by atoms with van der Waals surface area (Å²) in [5.74, 6) is 0.466. The van der Waals surface area contributed by atoms with Gasteiger partial charge in [0.25, 0.3) is 0 Å². The molecule has 0 bridgehead atoms. The maximum absolute atomic E-state index is 9.28. The number of anilines is 2. The highest BCUT2D eigenvalue weighted by Crippen LogP contribution is 2.24. The van der Waals surface area contributed by atoms with Gasteiger partial charge in [-0.1, -0.05) is 6.92 Å². The van der Waals surface area contributed by atoms with Crippen molar-refractivity contribution in [1.29, 1.82) is 0 Å². The Labute approximate surface area is 103 Å². The van der Waals surface area contributed by atoms with Crippen LogP contribution in [0.15, 0.2) is 16.7 Å². The number of rotatable bonds is 5. The number of aliphatic hydroxyl groups is 2. The van der Waals surface area contributed by atoms with Crippen LogP contribution in [-0.4, -0.2) is 33.9 Å². The summed E-state index contributed by atoms with van der Waals surface area (Å²) in [6, 6.07) is 1.71. The lowest BCUT2D eigenvalue weighted by molar-refractivity contribution is 0.132. The molecule has 90 valence electrons. The second kappa shape index (κ2) is 5.47. The largest absolute Gasteiger partial charge is 0.396 e. The van der Waals surface area contributed by atoms with Crippen molar-refractivity contribution in [2.45, 2.75) is 18.9 Å². The maximum Gasteiger partial charge on any atom is 0.149 e. The molecule has 0 saturated heterocycles. The average Bonchev–Trinajstić information content (AvgIpc) is 2.29. The second-order valence-corrected chi connectivity index (χ2v) is 4.58. The van der Waals surface area contributed by atoms with Crippen molar-refractivity contribution in [2.24, 2.45) is 0 Å². The molecule has 0 aliphatic heterocycles. The van der Waals surface area contributed by atoms with E-state index in [1.54, 1.807) is 12.3 Å². The normalized spacial score (nSPS) is 11.5. The highest BCUT2D eigenvalue weighted by Gasteiger charge is 2.27. The molecule has 0 amide bonds. The number of halogens is 1. The van der Waals surface area contributed by atoms with Gasteiger partial charge in [-0.05, 0) is 28.4 Å². The molecule has 1 aromatic rings. The minimum Gasteiger partial charge on any atom is -0.396 e. The molecule has 0 unspecified atom stereocenters. The third-order valence-electron chi connectivity index (χ3n) is 2.55. The van der Waals surface area contributed by atoms with Crippen molar-refractivity contribution in [2.75, 3.05) is 24.3 Å². The Morgan fingerprint density at radius 1 is 1.50 bits per heavy atom. The molecular formula is C10H16BrN3O2. The van der Waals surface area contributed by atoms with Crippen LogP contribution in [0.2, 0.25) is 0 Å². The molecular weight excluding hydrogens is 274 g/mol. The van der Waals surface area contributed by atoms with Gasteiger partial charge in [0.05, 0.1) is 24.4 Å². The quantitative estimate of drug-likeness (QED) is 0.648. The van der Waals surface area contributed by atoms with E-state index in [0.29, 0.717) is 17.9 Å². The van der Waals surface area contributed by atoms with Gasteiger partial charge in [-0.15, -0.1) is 0 Å². The minimum absolute atomic E-state index is 0.183. The van der Waals surface area contributed by atoms with Crippen LogP contribution in [0.1, 0.15) is 13.3 Å². The summed E-state index contributed by atoms with van der Waals surface area (Å²) >= 11 is 3.26. The minimum atomic E-state index is -0.783. The first-order valence-corrected chi connectivity index (χ1v) is 5.77. The molecule has 5 N–H and O–H groups in total. The van der Waals surface area contributed by atoms with Crippen LogP contribution in [0.5, 0.6) is 0 Å². The van der Waals surface area contributed by atoms with E-state index in [-0.39, 0.29) is 13.2 Å². The molecule has 0 saturated carbocycles. The molecule has 16 heavy (non-hydrogen) atoms. The molecule has 0 aromatic carbocycles. The van der Waals surface area contributed by atoms with Crippen LogP contribution in [0, 0.1) is 0 Å². The molecule has 1 rings (SSSR count). The van der Waals surface area contributed by atoms with Gasteiger partial charge in [-0.2, -0.15) is 0 Å². The molecule has 1 aromatic heterocycles. The number of nitrogens with two attached hydrogens (primary N) is 1. The number of aliphatic hydroxyl groups excluding tert-OH is 2. The summed E-state index contributed by atoms with van der Waals surface area (Å²) < 4.78 is 0.783. The van der Waals surface area contributed by atoms with Gasteiger partial charge in [0, 0.05) is 10.7 Å². The van der Waals surface area contributed by atoms with Crippen molar-refractivity contribution < 1.29 is 10.2 Å². The lowest BCUT2D eigenvalue weighted by Crippen LogP contribution is -2.45. The summed E-state index contributed by atoms with van der Waals surface area (Å²) in [5.41, 5.74) is 5.46. The third kappa shape index (κ3) is 2.84. The van der Waals surface area contributed by atoms with Crippen LogP contribution < -0.4 is 11.1 Å². The number of nitrogens with one attached hydrogen (secondary N) is 1. The standard InChI is InChI=1S/C10H16BrN3O2/c1-2-10(5-15,6-16)14-9-8(12)3-7(11)4-13-9/h3-4,15-16H,2,5-6,12H2,1H3,(H,13,14). The smallest absolute Gasteiger partial charge is 0.149 e. The first-order valence-electron chi connectivity index (χ1n) is 4.98. The Morgan fingerprint density at radius 3 is 2.56 bits per heavy atom. The number of pyridine rings is 1. The Balaban J connectivity index is 2.93. The summed E-state index contributed by atoms with van der Waals surface area (Å²) in [5, 5.41) is 21.5. The zero-order chi connectivity index (χ0) is 12.2. The summed E-state index contributed by atoms with van der Waals surface area (Å²) in [4.78, 5) is 4.10. The van der Waals surface area contributed by atoms with Crippen molar-refractivity contribution in [1.82, 2.24) is 4.98 Å². The van der Waals surface area contributed by atoms with E-state index in [4.69, 9.17) is 5.73 Å². The zero-order valence-electron chi connectivity index (χ0n) is 9.07. The first kappa shape index (κ1) is 13.2. The molecule has 0 fully saturated rings. The molecule has 0 spiro atoms. The van der Waals surface area contributed by atoms with E-state index in [1.807, 2.05) is 6.92 Å². The number of aromatic nitrogens is 1. The molecule has 0 atom stereocenters. The van der Waals surface area contributed by atoms with Gasteiger partial charge in [0.2, 0.25) is 0 Å². The van der Waals surface area contributed by atoms with Gasteiger partial charge >= 0.3 is 0 Å². The Bertz CT molecular complexity index is 348.